The molecule has 0 amide bonds. The largest absolute Gasteiger partial charge is 0.479 e. The highest BCUT2D eigenvalue weighted by Crippen LogP contribution is 2.11. The average molecular weight is 261 g/mol. The Hall–Kier alpha value is -2.37. The first-order valence-corrected chi connectivity index (χ1v) is 6.07. The summed E-state index contributed by atoms with van der Waals surface area (Å²) in [7, 11) is 0. The van der Waals surface area contributed by atoms with Crippen LogP contribution in [0, 0.1) is 0 Å². The maximum atomic E-state index is 11.0. The standard InChI is InChI=1S/C13H15N3O3/c1-2-6-11(12(17)18)19-13-14-9-16(15-13)10-7-4-3-5-8-10/h3-5,7-9,11H,2,6H2,1H3,(H,17,18). The first-order chi connectivity index (χ1) is 9.20. The topological polar surface area (TPSA) is 77.2 Å². The van der Waals surface area contributed by atoms with Crippen LogP contribution in [0.3, 0.4) is 0 Å². The Bertz CT molecular complexity index is 539. The molecule has 0 saturated heterocycles. The molecule has 0 aliphatic heterocycles. The molecule has 100 valence electrons. The predicted octanol–water partition coefficient (Wildman–Crippen LogP) is 1.90. The van der Waals surface area contributed by atoms with Gasteiger partial charge in [-0.25, -0.2) is 9.48 Å². The number of para-hydroxylation sites is 1. The van der Waals surface area contributed by atoms with E-state index < -0.39 is 12.1 Å². The van der Waals surface area contributed by atoms with Gasteiger partial charge in [-0.15, -0.1) is 5.10 Å². The number of carbonyl (C=O) groups is 1. The van der Waals surface area contributed by atoms with E-state index in [0.717, 1.165) is 12.1 Å². The molecule has 2 rings (SSSR count). The number of nitrogens with zero attached hydrogens (tertiary/aromatic N) is 3. The summed E-state index contributed by atoms with van der Waals surface area (Å²) in [6, 6.07) is 9.49. The molecule has 1 aromatic carbocycles. The van der Waals surface area contributed by atoms with Crippen LogP contribution in [0.15, 0.2) is 36.7 Å². The Morgan fingerprint density at radius 1 is 1.42 bits per heavy atom. The Morgan fingerprint density at radius 3 is 2.79 bits per heavy atom. The molecule has 0 radical (unpaired) electrons. The minimum absolute atomic E-state index is 0.0738. The molecule has 0 bridgehead atoms. The molecule has 2 aromatic rings. The fraction of sp³-hybridized carbons (Fsp3) is 0.308. The van der Waals surface area contributed by atoms with Crippen LogP contribution in [0.25, 0.3) is 5.69 Å². The van der Waals surface area contributed by atoms with Crippen molar-refractivity contribution in [1.29, 1.82) is 0 Å². The van der Waals surface area contributed by atoms with Crippen molar-refractivity contribution < 1.29 is 14.6 Å². The first kappa shape index (κ1) is 13.1. The summed E-state index contributed by atoms with van der Waals surface area (Å²) < 4.78 is 6.82. The van der Waals surface area contributed by atoms with Crippen molar-refractivity contribution in [2.24, 2.45) is 0 Å². The number of carboxylic acids is 1. The van der Waals surface area contributed by atoms with Crippen molar-refractivity contribution in [1.82, 2.24) is 14.8 Å². The van der Waals surface area contributed by atoms with Crippen LogP contribution in [0.4, 0.5) is 0 Å². The normalized spacial score (nSPS) is 12.1. The van der Waals surface area contributed by atoms with E-state index in [-0.39, 0.29) is 6.01 Å². The quantitative estimate of drug-likeness (QED) is 0.859. The molecule has 0 saturated carbocycles. The van der Waals surface area contributed by atoms with E-state index in [9.17, 15) is 4.79 Å². The number of aromatic nitrogens is 3. The van der Waals surface area contributed by atoms with Gasteiger partial charge in [0.25, 0.3) is 0 Å². The van der Waals surface area contributed by atoms with Gasteiger partial charge in [-0.2, -0.15) is 4.98 Å². The zero-order valence-corrected chi connectivity index (χ0v) is 10.6. The SMILES string of the molecule is CCCC(Oc1ncn(-c2ccccc2)n1)C(=O)O. The number of aliphatic carboxylic acids is 1. The van der Waals surface area contributed by atoms with Gasteiger partial charge in [-0.1, -0.05) is 31.5 Å². The highest BCUT2D eigenvalue weighted by atomic mass is 16.5. The number of benzene rings is 1. The molecule has 6 nitrogen and oxygen atoms in total. The molecular formula is C13H15N3O3. The summed E-state index contributed by atoms with van der Waals surface area (Å²) in [5, 5.41) is 13.1. The summed E-state index contributed by atoms with van der Waals surface area (Å²) in [4.78, 5) is 14.9. The van der Waals surface area contributed by atoms with E-state index in [1.54, 1.807) is 4.68 Å². The second-order valence-electron chi connectivity index (χ2n) is 4.04. The van der Waals surface area contributed by atoms with E-state index in [1.807, 2.05) is 37.3 Å². The zero-order chi connectivity index (χ0) is 13.7. The van der Waals surface area contributed by atoms with Crippen molar-refractivity contribution in [3.05, 3.63) is 36.7 Å². The minimum Gasteiger partial charge on any atom is -0.479 e. The third-order valence-electron chi connectivity index (χ3n) is 2.57. The Balaban J connectivity index is 2.11. The maximum Gasteiger partial charge on any atom is 0.345 e. The van der Waals surface area contributed by atoms with E-state index in [4.69, 9.17) is 9.84 Å². The third kappa shape index (κ3) is 3.31. The lowest BCUT2D eigenvalue weighted by Crippen LogP contribution is -2.27. The van der Waals surface area contributed by atoms with Crippen LogP contribution in [-0.2, 0) is 4.79 Å². The average Bonchev–Trinajstić information content (AvgIpc) is 2.88. The Kier molecular flexibility index (Phi) is 4.12. The van der Waals surface area contributed by atoms with Gasteiger partial charge >= 0.3 is 12.0 Å². The molecular weight excluding hydrogens is 246 g/mol. The molecule has 1 heterocycles. The molecule has 19 heavy (non-hydrogen) atoms. The maximum absolute atomic E-state index is 11.0. The monoisotopic (exact) mass is 261 g/mol. The van der Waals surface area contributed by atoms with Gasteiger partial charge in [-0.05, 0) is 18.6 Å². The van der Waals surface area contributed by atoms with Crippen molar-refractivity contribution in [3.8, 4) is 11.7 Å². The molecule has 0 aliphatic carbocycles. The van der Waals surface area contributed by atoms with Crippen LogP contribution in [-0.4, -0.2) is 31.9 Å². The summed E-state index contributed by atoms with van der Waals surface area (Å²) in [6.07, 6.45) is 1.73. The molecule has 1 N–H and O–H groups in total. The first-order valence-electron chi connectivity index (χ1n) is 6.07. The molecule has 1 unspecified atom stereocenters. The number of rotatable bonds is 6. The molecule has 6 heteroatoms. The van der Waals surface area contributed by atoms with Gasteiger partial charge in [0.05, 0.1) is 5.69 Å². The van der Waals surface area contributed by atoms with Crippen LogP contribution < -0.4 is 4.74 Å². The number of ether oxygens (including phenoxy) is 1. The molecule has 1 atom stereocenters. The van der Waals surface area contributed by atoms with Gasteiger partial charge in [0.2, 0.25) is 0 Å². The molecule has 1 aromatic heterocycles. The second kappa shape index (κ2) is 5.99. The van der Waals surface area contributed by atoms with Crippen molar-refractivity contribution >= 4 is 5.97 Å². The summed E-state index contributed by atoms with van der Waals surface area (Å²) >= 11 is 0. The van der Waals surface area contributed by atoms with Gasteiger partial charge in [-0.3, -0.25) is 0 Å². The van der Waals surface area contributed by atoms with E-state index in [1.165, 1.54) is 6.33 Å². The number of hydrogen-bond acceptors (Lipinski definition) is 4. The van der Waals surface area contributed by atoms with E-state index in [2.05, 4.69) is 10.1 Å². The Morgan fingerprint density at radius 2 is 2.16 bits per heavy atom. The predicted molar refractivity (Wildman–Crippen MR) is 68.3 cm³/mol. The van der Waals surface area contributed by atoms with Gasteiger partial charge in [0.15, 0.2) is 6.10 Å². The molecule has 0 spiro atoms. The fourth-order valence-corrected chi connectivity index (χ4v) is 1.63. The molecule has 0 fully saturated rings. The van der Waals surface area contributed by atoms with Gasteiger partial charge in [0, 0.05) is 0 Å². The van der Waals surface area contributed by atoms with Crippen LogP contribution in [0.5, 0.6) is 6.01 Å². The van der Waals surface area contributed by atoms with Crippen LogP contribution in [0.2, 0.25) is 0 Å². The lowest BCUT2D eigenvalue weighted by Gasteiger charge is -2.10. The smallest absolute Gasteiger partial charge is 0.345 e. The zero-order valence-electron chi connectivity index (χ0n) is 10.6. The van der Waals surface area contributed by atoms with Crippen LogP contribution in [0.1, 0.15) is 19.8 Å². The van der Waals surface area contributed by atoms with Crippen LogP contribution >= 0.6 is 0 Å². The van der Waals surface area contributed by atoms with Crippen molar-refractivity contribution in [2.45, 2.75) is 25.9 Å². The third-order valence-corrected chi connectivity index (χ3v) is 2.57. The Labute approximate surface area is 110 Å². The van der Waals surface area contributed by atoms with E-state index >= 15 is 0 Å². The van der Waals surface area contributed by atoms with Crippen molar-refractivity contribution in [3.63, 3.8) is 0 Å². The number of carboxylic acid groups (broad SMARTS) is 1. The summed E-state index contributed by atoms with van der Waals surface area (Å²) in [5.41, 5.74) is 0.840. The lowest BCUT2D eigenvalue weighted by molar-refractivity contribution is -0.145. The minimum atomic E-state index is -1.00. The summed E-state index contributed by atoms with van der Waals surface area (Å²) in [5.74, 6) is -1.00. The highest BCUT2D eigenvalue weighted by Gasteiger charge is 2.20. The fourth-order valence-electron chi connectivity index (χ4n) is 1.63. The second-order valence-corrected chi connectivity index (χ2v) is 4.04. The highest BCUT2D eigenvalue weighted by molar-refractivity contribution is 5.72. The molecule has 0 aliphatic rings. The van der Waals surface area contributed by atoms with Crippen molar-refractivity contribution in [2.75, 3.05) is 0 Å². The lowest BCUT2D eigenvalue weighted by atomic mass is 10.2. The number of hydrogen-bond donors (Lipinski definition) is 1. The summed E-state index contributed by atoms with van der Waals surface area (Å²) in [6.45, 7) is 1.90. The van der Waals surface area contributed by atoms with E-state index in [0.29, 0.717) is 6.42 Å². The van der Waals surface area contributed by atoms with Gasteiger partial charge < -0.3 is 9.84 Å². The van der Waals surface area contributed by atoms with Gasteiger partial charge in [0.1, 0.15) is 6.33 Å².